The Bertz CT molecular complexity index is 411. The van der Waals surface area contributed by atoms with Gasteiger partial charge in [-0.1, -0.05) is 11.6 Å². The van der Waals surface area contributed by atoms with Crippen molar-refractivity contribution in [3.8, 4) is 5.75 Å². The molecule has 0 amide bonds. The highest BCUT2D eigenvalue weighted by atomic mass is 35.5. The average molecular weight is 283 g/mol. The number of halogens is 1. The molecular formula is C15H23ClN2O. The van der Waals surface area contributed by atoms with Crippen LogP contribution in [0.5, 0.6) is 5.75 Å². The van der Waals surface area contributed by atoms with E-state index in [1.807, 2.05) is 25.1 Å². The van der Waals surface area contributed by atoms with Gasteiger partial charge in [-0.05, 0) is 57.0 Å². The lowest BCUT2D eigenvalue weighted by Gasteiger charge is -2.32. The topological polar surface area (TPSA) is 38.5 Å². The van der Waals surface area contributed by atoms with Crippen LogP contribution in [0, 0.1) is 5.92 Å². The van der Waals surface area contributed by atoms with E-state index in [1.165, 1.54) is 18.4 Å². The van der Waals surface area contributed by atoms with Crippen LogP contribution in [0.3, 0.4) is 0 Å². The number of hydrogen-bond donors (Lipinski definition) is 1. The number of nitrogens with two attached hydrogens (primary N) is 1. The summed E-state index contributed by atoms with van der Waals surface area (Å²) in [6, 6.07) is 5.86. The normalized spacial score (nSPS) is 20.5. The van der Waals surface area contributed by atoms with Crippen LogP contribution < -0.4 is 10.5 Å². The molecule has 3 nitrogen and oxygen atoms in total. The number of likely N-dealkylation sites (tertiary alicyclic amines) is 1. The van der Waals surface area contributed by atoms with Crippen LogP contribution in [-0.4, -0.2) is 31.1 Å². The molecule has 0 spiro atoms. The molecule has 0 aromatic heterocycles. The maximum atomic E-state index is 6.10. The summed E-state index contributed by atoms with van der Waals surface area (Å²) in [5, 5.41) is 0.769. The number of nitrogens with zero attached hydrogens (tertiary/aromatic N) is 1. The molecule has 2 rings (SSSR count). The highest BCUT2D eigenvalue weighted by Crippen LogP contribution is 2.26. The summed E-state index contributed by atoms with van der Waals surface area (Å²) in [6.07, 6.45) is 2.48. The minimum absolute atomic E-state index is 0.628. The van der Waals surface area contributed by atoms with Gasteiger partial charge >= 0.3 is 0 Å². The minimum atomic E-state index is 0.628. The molecular weight excluding hydrogens is 260 g/mol. The zero-order valence-electron chi connectivity index (χ0n) is 11.6. The van der Waals surface area contributed by atoms with Crippen LogP contribution in [0.1, 0.15) is 25.3 Å². The molecule has 1 saturated heterocycles. The first-order valence-electron chi connectivity index (χ1n) is 7.06. The van der Waals surface area contributed by atoms with Crippen molar-refractivity contribution >= 4 is 11.6 Å². The Morgan fingerprint density at radius 3 is 3.05 bits per heavy atom. The molecule has 0 aliphatic carbocycles. The van der Waals surface area contributed by atoms with Gasteiger partial charge in [0.05, 0.1) is 6.61 Å². The monoisotopic (exact) mass is 282 g/mol. The molecule has 1 atom stereocenters. The fraction of sp³-hybridized carbons (Fsp3) is 0.600. The number of benzene rings is 1. The Labute approximate surface area is 120 Å². The summed E-state index contributed by atoms with van der Waals surface area (Å²) in [4.78, 5) is 2.45. The predicted octanol–water partition coefficient (Wildman–Crippen LogP) is 2.91. The van der Waals surface area contributed by atoms with E-state index in [2.05, 4.69) is 4.90 Å². The largest absolute Gasteiger partial charge is 0.494 e. The van der Waals surface area contributed by atoms with Crippen molar-refractivity contribution < 1.29 is 4.74 Å². The Balaban J connectivity index is 2.06. The fourth-order valence-corrected chi connectivity index (χ4v) is 2.89. The summed E-state index contributed by atoms with van der Waals surface area (Å²) in [7, 11) is 0. The Hall–Kier alpha value is -0.770. The van der Waals surface area contributed by atoms with Gasteiger partial charge in [0, 0.05) is 23.7 Å². The molecule has 1 aromatic rings. The molecule has 1 aliphatic rings. The van der Waals surface area contributed by atoms with E-state index >= 15 is 0 Å². The van der Waals surface area contributed by atoms with Gasteiger partial charge < -0.3 is 10.5 Å². The number of ether oxygens (including phenoxy) is 1. The van der Waals surface area contributed by atoms with Crippen molar-refractivity contribution in [3.05, 3.63) is 28.8 Å². The first-order chi connectivity index (χ1) is 9.22. The molecule has 0 unspecified atom stereocenters. The second-order valence-electron chi connectivity index (χ2n) is 5.16. The van der Waals surface area contributed by atoms with E-state index in [0.29, 0.717) is 12.5 Å². The highest BCUT2D eigenvalue weighted by Gasteiger charge is 2.19. The van der Waals surface area contributed by atoms with Gasteiger partial charge in [0.25, 0.3) is 0 Å². The summed E-state index contributed by atoms with van der Waals surface area (Å²) < 4.78 is 5.68. The maximum Gasteiger partial charge on any atom is 0.123 e. The van der Waals surface area contributed by atoms with Gasteiger partial charge in [0.2, 0.25) is 0 Å². The highest BCUT2D eigenvalue weighted by molar-refractivity contribution is 6.30. The molecule has 1 fully saturated rings. The van der Waals surface area contributed by atoms with Gasteiger partial charge in [-0.2, -0.15) is 0 Å². The van der Waals surface area contributed by atoms with Gasteiger partial charge in [-0.15, -0.1) is 0 Å². The first kappa shape index (κ1) is 14.6. The van der Waals surface area contributed by atoms with Crippen LogP contribution in [0.15, 0.2) is 18.2 Å². The summed E-state index contributed by atoms with van der Waals surface area (Å²) >= 11 is 6.10. The summed E-state index contributed by atoms with van der Waals surface area (Å²) in [5.74, 6) is 1.57. The summed E-state index contributed by atoms with van der Waals surface area (Å²) in [5.41, 5.74) is 6.96. The third kappa shape index (κ3) is 4.10. The third-order valence-electron chi connectivity index (χ3n) is 3.65. The van der Waals surface area contributed by atoms with Crippen molar-refractivity contribution in [2.75, 3.05) is 26.2 Å². The van der Waals surface area contributed by atoms with Gasteiger partial charge in [-0.3, -0.25) is 4.90 Å². The first-order valence-corrected chi connectivity index (χ1v) is 7.44. The molecule has 19 heavy (non-hydrogen) atoms. The van der Waals surface area contributed by atoms with Crippen LogP contribution in [-0.2, 0) is 6.54 Å². The third-order valence-corrected chi connectivity index (χ3v) is 3.89. The van der Waals surface area contributed by atoms with Gasteiger partial charge in [0.1, 0.15) is 5.75 Å². The lowest BCUT2D eigenvalue weighted by atomic mass is 9.98. The fourth-order valence-electron chi connectivity index (χ4n) is 2.70. The molecule has 4 heteroatoms. The van der Waals surface area contributed by atoms with E-state index < -0.39 is 0 Å². The van der Waals surface area contributed by atoms with Crippen molar-refractivity contribution in [1.82, 2.24) is 4.90 Å². The molecule has 1 heterocycles. The number of hydrogen-bond acceptors (Lipinski definition) is 3. The van der Waals surface area contributed by atoms with Crippen molar-refractivity contribution in [2.45, 2.75) is 26.3 Å². The van der Waals surface area contributed by atoms with Gasteiger partial charge in [0.15, 0.2) is 0 Å². The maximum absolute atomic E-state index is 6.10. The van der Waals surface area contributed by atoms with Gasteiger partial charge in [-0.25, -0.2) is 0 Å². The molecule has 0 radical (unpaired) electrons. The van der Waals surface area contributed by atoms with Crippen LogP contribution >= 0.6 is 11.6 Å². The van der Waals surface area contributed by atoms with Crippen molar-refractivity contribution in [3.63, 3.8) is 0 Å². The van der Waals surface area contributed by atoms with E-state index in [9.17, 15) is 0 Å². The smallest absolute Gasteiger partial charge is 0.123 e. The minimum Gasteiger partial charge on any atom is -0.494 e. The predicted molar refractivity (Wildman–Crippen MR) is 79.7 cm³/mol. The van der Waals surface area contributed by atoms with Crippen LogP contribution in [0.25, 0.3) is 0 Å². The Morgan fingerprint density at radius 2 is 2.32 bits per heavy atom. The Morgan fingerprint density at radius 1 is 1.47 bits per heavy atom. The average Bonchev–Trinajstić information content (AvgIpc) is 2.42. The quantitative estimate of drug-likeness (QED) is 0.902. The van der Waals surface area contributed by atoms with E-state index in [4.69, 9.17) is 22.1 Å². The molecule has 1 aromatic carbocycles. The van der Waals surface area contributed by atoms with Crippen LogP contribution in [0.4, 0.5) is 0 Å². The zero-order chi connectivity index (χ0) is 13.7. The lowest BCUT2D eigenvalue weighted by molar-refractivity contribution is 0.169. The number of piperidine rings is 1. The molecule has 2 N–H and O–H groups in total. The molecule has 0 bridgehead atoms. The lowest BCUT2D eigenvalue weighted by Crippen LogP contribution is -2.37. The number of rotatable bonds is 5. The Kier molecular flexibility index (Phi) is 5.49. The summed E-state index contributed by atoms with van der Waals surface area (Å²) in [6.45, 7) is 6.57. The standard InChI is InChI=1S/C15H23ClN2O/c1-2-19-15-6-5-14(16)8-13(15)11-18-7-3-4-12(9-17)10-18/h5-6,8,12H,2-4,7,9-11,17H2,1H3/t12-/m0/s1. The molecule has 106 valence electrons. The van der Waals surface area contributed by atoms with E-state index in [0.717, 1.165) is 37.0 Å². The molecule has 1 aliphatic heterocycles. The SMILES string of the molecule is CCOc1ccc(Cl)cc1CN1CCC[C@@H](CN)C1. The van der Waals surface area contributed by atoms with Crippen LogP contribution in [0.2, 0.25) is 5.02 Å². The second-order valence-corrected chi connectivity index (χ2v) is 5.60. The molecule has 0 saturated carbocycles. The van der Waals surface area contributed by atoms with E-state index in [-0.39, 0.29) is 0 Å². The second kappa shape index (κ2) is 7.13. The van der Waals surface area contributed by atoms with E-state index in [1.54, 1.807) is 0 Å². The van der Waals surface area contributed by atoms with Crippen molar-refractivity contribution in [1.29, 1.82) is 0 Å². The zero-order valence-corrected chi connectivity index (χ0v) is 12.3. The van der Waals surface area contributed by atoms with Crippen molar-refractivity contribution in [2.24, 2.45) is 11.7 Å².